The van der Waals surface area contributed by atoms with E-state index in [4.69, 9.17) is 0 Å². The van der Waals surface area contributed by atoms with E-state index in [1.54, 1.807) is 0 Å². The highest BCUT2D eigenvalue weighted by Crippen LogP contribution is 2.24. The van der Waals surface area contributed by atoms with Crippen molar-refractivity contribution >= 4 is 24.1 Å². The van der Waals surface area contributed by atoms with Gasteiger partial charge in [-0.3, -0.25) is 19.7 Å². The molecule has 0 atom stereocenters. The van der Waals surface area contributed by atoms with Crippen LogP contribution in [0.15, 0.2) is 18.2 Å². The topological polar surface area (TPSA) is 89.3 Å². The number of nitro benzene ring substituents is 1. The Bertz CT molecular complexity index is 389. The first-order chi connectivity index (χ1) is 6.69. The fourth-order valence-electron chi connectivity index (χ4n) is 0.959. The molecule has 6 heteroatoms. The van der Waals surface area contributed by atoms with Crippen molar-refractivity contribution in [1.82, 2.24) is 0 Å². The number of aldehydes is 1. The van der Waals surface area contributed by atoms with Gasteiger partial charge in [0.15, 0.2) is 0 Å². The lowest BCUT2D eigenvalue weighted by Crippen LogP contribution is -2.00. The van der Waals surface area contributed by atoms with E-state index in [0.717, 1.165) is 6.07 Å². The van der Waals surface area contributed by atoms with Crippen molar-refractivity contribution in [3.63, 3.8) is 0 Å². The molecule has 0 aliphatic heterocycles. The number of benzene rings is 1. The van der Waals surface area contributed by atoms with Crippen molar-refractivity contribution in [2.45, 2.75) is 0 Å². The lowest BCUT2D eigenvalue weighted by molar-refractivity contribution is -0.383. The Balaban J connectivity index is 3.22. The van der Waals surface area contributed by atoms with E-state index < -0.39 is 4.92 Å². The summed E-state index contributed by atoms with van der Waals surface area (Å²) in [5, 5.41) is 12.7. The molecule has 6 nitrogen and oxygen atoms in total. The molecule has 0 aliphatic carbocycles. The summed E-state index contributed by atoms with van der Waals surface area (Å²) in [6, 6.07) is 3.78. The largest absolute Gasteiger partial charge is 0.323 e. The van der Waals surface area contributed by atoms with Crippen LogP contribution in [0.3, 0.4) is 0 Å². The molecule has 1 N–H and O–H groups in total. The quantitative estimate of drug-likeness (QED) is 0.439. The SMILES string of the molecule is O=CNc1ccc(C=O)cc1[N+](=O)[O-]. The van der Waals surface area contributed by atoms with Gasteiger partial charge in [-0.2, -0.15) is 0 Å². The number of anilines is 1. The average molecular weight is 194 g/mol. The standard InChI is InChI=1S/C8H6N2O4/c11-4-6-1-2-7(9-5-12)8(3-6)10(13)14/h1-5H,(H,9,12). The molecule has 1 aromatic carbocycles. The highest BCUT2D eigenvalue weighted by molar-refractivity contribution is 5.83. The van der Waals surface area contributed by atoms with Crippen LogP contribution >= 0.6 is 0 Å². The van der Waals surface area contributed by atoms with Gasteiger partial charge in [-0.1, -0.05) is 0 Å². The number of carbonyl (C=O) groups excluding carboxylic acids is 2. The summed E-state index contributed by atoms with van der Waals surface area (Å²) in [5.41, 5.74) is -0.0505. The summed E-state index contributed by atoms with van der Waals surface area (Å²) in [5.74, 6) is 0. The first-order valence-electron chi connectivity index (χ1n) is 3.63. The minimum absolute atomic E-state index is 0.0654. The lowest BCUT2D eigenvalue weighted by Gasteiger charge is -2.00. The van der Waals surface area contributed by atoms with Gasteiger partial charge in [-0.25, -0.2) is 0 Å². The third-order valence-electron chi connectivity index (χ3n) is 1.57. The summed E-state index contributed by atoms with van der Waals surface area (Å²) < 4.78 is 0. The average Bonchev–Trinajstić information content (AvgIpc) is 2.18. The van der Waals surface area contributed by atoms with Gasteiger partial charge in [0.25, 0.3) is 5.69 Å². The van der Waals surface area contributed by atoms with Crippen LogP contribution in [0.25, 0.3) is 0 Å². The van der Waals surface area contributed by atoms with Gasteiger partial charge in [0, 0.05) is 11.6 Å². The number of rotatable bonds is 4. The van der Waals surface area contributed by atoms with Crippen LogP contribution in [-0.2, 0) is 4.79 Å². The van der Waals surface area contributed by atoms with Crippen LogP contribution in [0.5, 0.6) is 0 Å². The number of hydrogen-bond acceptors (Lipinski definition) is 4. The summed E-state index contributed by atoms with van der Waals surface area (Å²) >= 11 is 0. The van der Waals surface area contributed by atoms with Crippen molar-refractivity contribution in [1.29, 1.82) is 0 Å². The van der Waals surface area contributed by atoms with Crippen LogP contribution in [0.1, 0.15) is 10.4 Å². The normalized spacial score (nSPS) is 9.14. The number of nitrogens with zero attached hydrogens (tertiary/aromatic N) is 1. The molecular formula is C8H6N2O4. The molecule has 0 aliphatic rings. The van der Waals surface area contributed by atoms with Gasteiger partial charge in [0.2, 0.25) is 6.41 Å². The molecule has 0 bridgehead atoms. The third-order valence-corrected chi connectivity index (χ3v) is 1.57. The van der Waals surface area contributed by atoms with Gasteiger partial charge in [-0.05, 0) is 12.1 Å². The van der Waals surface area contributed by atoms with Crippen LogP contribution in [0.4, 0.5) is 11.4 Å². The number of carbonyl (C=O) groups is 2. The second-order valence-electron chi connectivity index (χ2n) is 2.41. The Morgan fingerprint density at radius 3 is 2.57 bits per heavy atom. The Hall–Kier alpha value is -2.24. The molecule has 0 saturated carbocycles. The first kappa shape index (κ1) is 9.85. The molecule has 72 valence electrons. The van der Waals surface area contributed by atoms with E-state index in [1.807, 2.05) is 0 Å². The monoisotopic (exact) mass is 194 g/mol. The fraction of sp³-hybridized carbons (Fsp3) is 0. The maximum absolute atomic E-state index is 10.5. The molecule has 1 amide bonds. The predicted octanol–water partition coefficient (Wildman–Crippen LogP) is 0.976. The molecule has 0 saturated heterocycles. The zero-order chi connectivity index (χ0) is 10.6. The summed E-state index contributed by atoms with van der Waals surface area (Å²) in [6.07, 6.45) is 0.834. The predicted molar refractivity (Wildman–Crippen MR) is 48.2 cm³/mol. The maximum Gasteiger partial charge on any atom is 0.293 e. The Morgan fingerprint density at radius 2 is 2.07 bits per heavy atom. The smallest absolute Gasteiger partial charge is 0.293 e. The van der Waals surface area contributed by atoms with Gasteiger partial charge in [-0.15, -0.1) is 0 Å². The second kappa shape index (κ2) is 4.13. The van der Waals surface area contributed by atoms with E-state index in [2.05, 4.69) is 5.32 Å². The highest BCUT2D eigenvalue weighted by Gasteiger charge is 2.13. The van der Waals surface area contributed by atoms with E-state index in [-0.39, 0.29) is 16.9 Å². The molecule has 0 fully saturated rings. The zero-order valence-electron chi connectivity index (χ0n) is 6.97. The molecule has 0 radical (unpaired) electrons. The molecule has 0 spiro atoms. The van der Waals surface area contributed by atoms with Crippen LogP contribution in [0, 0.1) is 10.1 Å². The van der Waals surface area contributed by atoms with Crippen molar-refractivity contribution in [2.24, 2.45) is 0 Å². The van der Waals surface area contributed by atoms with Gasteiger partial charge < -0.3 is 5.32 Å². The number of amides is 1. The summed E-state index contributed by atoms with van der Waals surface area (Å²) in [4.78, 5) is 30.3. The van der Waals surface area contributed by atoms with Gasteiger partial charge >= 0.3 is 0 Å². The van der Waals surface area contributed by atoms with E-state index in [1.165, 1.54) is 12.1 Å². The van der Waals surface area contributed by atoms with Crippen molar-refractivity contribution in [3.05, 3.63) is 33.9 Å². The molecule has 0 unspecified atom stereocenters. The van der Waals surface area contributed by atoms with Crippen LogP contribution in [-0.4, -0.2) is 17.6 Å². The van der Waals surface area contributed by atoms with Crippen molar-refractivity contribution in [3.8, 4) is 0 Å². The molecule has 1 aromatic rings. The van der Waals surface area contributed by atoms with Crippen LogP contribution < -0.4 is 5.32 Å². The molecular weight excluding hydrogens is 188 g/mol. The van der Waals surface area contributed by atoms with E-state index in [9.17, 15) is 19.7 Å². The van der Waals surface area contributed by atoms with Crippen molar-refractivity contribution < 1.29 is 14.5 Å². The zero-order valence-corrected chi connectivity index (χ0v) is 6.97. The summed E-state index contributed by atoms with van der Waals surface area (Å²) in [6.45, 7) is 0. The summed E-state index contributed by atoms with van der Waals surface area (Å²) in [7, 11) is 0. The second-order valence-corrected chi connectivity index (χ2v) is 2.41. The minimum atomic E-state index is -0.668. The van der Waals surface area contributed by atoms with Gasteiger partial charge in [0.05, 0.1) is 4.92 Å². The van der Waals surface area contributed by atoms with Gasteiger partial charge in [0.1, 0.15) is 12.0 Å². The van der Waals surface area contributed by atoms with E-state index in [0.29, 0.717) is 12.7 Å². The highest BCUT2D eigenvalue weighted by atomic mass is 16.6. The molecule has 14 heavy (non-hydrogen) atoms. The fourth-order valence-corrected chi connectivity index (χ4v) is 0.959. The molecule has 0 aromatic heterocycles. The van der Waals surface area contributed by atoms with Crippen LogP contribution in [0.2, 0.25) is 0 Å². The Kier molecular flexibility index (Phi) is 2.90. The Labute approximate surface area is 78.7 Å². The molecule has 0 heterocycles. The third kappa shape index (κ3) is 1.92. The lowest BCUT2D eigenvalue weighted by atomic mass is 10.2. The number of hydrogen-bond donors (Lipinski definition) is 1. The maximum atomic E-state index is 10.5. The van der Waals surface area contributed by atoms with Crippen molar-refractivity contribution in [2.75, 3.05) is 5.32 Å². The first-order valence-corrected chi connectivity index (χ1v) is 3.63. The number of nitrogens with one attached hydrogen (secondary N) is 1. The number of nitro groups is 1. The molecule has 1 rings (SSSR count). The minimum Gasteiger partial charge on any atom is -0.323 e. The Morgan fingerprint density at radius 1 is 1.36 bits per heavy atom. The van der Waals surface area contributed by atoms with E-state index >= 15 is 0 Å².